The van der Waals surface area contributed by atoms with Crippen LogP contribution in [0.3, 0.4) is 0 Å². The van der Waals surface area contributed by atoms with E-state index >= 15 is 0 Å². The molecule has 0 radical (unpaired) electrons. The van der Waals surface area contributed by atoms with Gasteiger partial charge >= 0.3 is 6.18 Å². The number of β-amino-alcohol motifs (C(OH)–C–C–N with tert-alkyl or cyclic N) is 1. The van der Waals surface area contributed by atoms with Crippen LogP contribution in [-0.2, 0) is 6.18 Å². The zero-order valence-electron chi connectivity index (χ0n) is 21.1. The summed E-state index contributed by atoms with van der Waals surface area (Å²) in [4.78, 5) is 22.7. The Balaban J connectivity index is 1.39. The maximum atomic E-state index is 14.9. The van der Waals surface area contributed by atoms with Crippen LogP contribution in [0, 0.1) is 0 Å². The Kier molecular flexibility index (Phi) is 7.29. The number of benzene rings is 1. The molecule has 3 atom stereocenters. The molecule has 1 fully saturated rings. The van der Waals surface area contributed by atoms with Crippen LogP contribution < -0.4 is 15.8 Å². The molecule has 10 nitrogen and oxygen atoms in total. The van der Waals surface area contributed by atoms with Crippen molar-refractivity contribution in [1.82, 2.24) is 29.8 Å². The van der Waals surface area contributed by atoms with E-state index in [4.69, 9.17) is 10.5 Å². The van der Waals surface area contributed by atoms with Crippen molar-refractivity contribution in [2.45, 2.75) is 24.5 Å². The third kappa shape index (κ3) is 5.27. The molecule has 4 heterocycles. The molecule has 210 valence electrons. The average Bonchev–Trinajstić information content (AvgIpc) is 3.49. The van der Waals surface area contributed by atoms with E-state index in [-0.39, 0.29) is 48.2 Å². The minimum Gasteiger partial charge on any atom is -0.480 e. The Morgan fingerprint density at radius 3 is 2.67 bits per heavy atom. The van der Waals surface area contributed by atoms with Gasteiger partial charge in [-0.1, -0.05) is 30.3 Å². The molecule has 4 aromatic rings. The molecule has 40 heavy (non-hydrogen) atoms. The van der Waals surface area contributed by atoms with Crippen molar-refractivity contribution < 1.29 is 32.2 Å². The van der Waals surface area contributed by atoms with Gasteiger partial charge in [0.05, 0.1) is 30.5 Å². The Hall–Kier alpha value is -4.30. The van der Waals surface area contributed by atoms with Crippen LogP contribution in [0.1, 0.15) is 27.6 Å². The van der Waals surface area contributed by atoms with Gasteiger partial charge in [-0.05, 0) is 17.7 Å². The van der Waals surface area contributed by atoms with Gasteiger partial charge in [0.2, 0.25) is 5.88 Å². The van der Waals surface area contributed by atoms with Gasteiger partial charge in [0.1, 0.15) is 23.6 Å². The Bertz CT molecular complexity index is 1530. The lowest BCUT2D eigenvalue weighted by Gasteiger charge is -2.20. The number of carbonyl (C=O) groups is 1. The summed E-state index contributed by atoms with van der Waals surface area (Å²) in [6, 6.07) is 10.2. The summed E-state index contributed by atoms with van der Waals surface area (Å²) in [6.07, 6.45) is -4.76. The number of nitrogens with one attached hydrogen (secondary N) is 1. The van der Waals surface area contributed by atoms with Crippen LogP contribution in [0.2, 0.25) is 0 Å². The first-order chi connectivity index (χ1) is 19.1. The maximum absolute atomic E-state index is 14.9. The van der Waals surface area contributed by atoms with Crippen molar-refractivity contribution in [1.29, 1.82) is 0 Å². The summed E-state index contributed by atoms with van der Waals surface area (Å²) < 4.78 is 62.3. The normalized spacial score (nSPS) is 18.6. The SMILES string of the molecule is COc1ncc(-c2cc(C(F)(F)F)c3c(N)ncnn23)cc1C(=O)N[C@@H]1CN(CC(O)c2ccccc2)C[C@@H]1F. The number of aromatic nitrogens is 4. The van der Waals surface area contributed by atoms with Crippen molar-refractivity contribution in [3.8, 4) is 17.1 Å². The van der Waals surface area contributed by atoms with Crippen LogP contribution >= 0.6 is 0 Å². The standard InChI is InChI=1S/C26H25F4N7O3/c1-40-25-16(24(39)35-19-11-36(10-18(19)27)12-21(38)14-5-3-2-4-6-14)7-15(9-32-25)20-8-17(26(28,29)30)22-23(31)33-13-34-37(20)22/h2-9,13,18-19,21,38H,10-12H2,1H3,(H,35,39)(H2,31,33,34)/t18-,19+,21?/m0/s1. The van der Waals surface area contributed by atoms with Gasteiger partial charge in [-0.3, -0.25) is 9.69 Å². The summed E-state index contributed by atoms with van der Waals surface area (Å²) in [5, 5.41) is 17.0. The number of pyridine rings is 1. The van der Waals surface area contributed by atoms with Gasteiger partial charge < -0.3 is 20.9 Å². The molecule has 0 bridgehead atoms. The molecule has 1 saturated heterocycles. The van der Waals surface area contributed by atoms with Crippen LogP contribution in [0.15, 0.2) is 55.0 Å². The van der Waals surface area contributed by atoms with E-state index in [1.54, 1.807) is 29.2 Å². The summed E-state index contributed by atoms with van der Waals surface area (Å²) in [5.41, 5.74) is 4.90. The van der Waals surface area contributed by atoms with Crippen LogP contribution in [0.5, 0.6) is 5.88 Å². The quantitative estimate of drug-likeness (QED) is 0.295. The summed E-state index contributed by atoms with van der Waals surface area (Å²) in [6.45, 7) is 0.313. The molecule has 0 saturated carbocycles. The van der Waals surface area contributed by atoms with Crippen molar-refractivity contribution >= 4 is 17.2 Å². The number of halogens is 4. The number of nitrogen functional groups attached to an aromatic ring is 1. The number of fused-ring (bicyclic) bond motifs is 1. The number of rotatable bonds is 7. The number of aliphatic hydroxyl groups is 1. The number of ether oxygens (including phenoxy) is 1. The lowest BCUT2D eigenvalue weighted by molar-refractivity contribution is -0.136. The lowest BCUT2D eigenvalue weighted by Crippen LogP contribution is -2.41. The average molecular weight is 560 g/mol. The highest BCUT2D eigenvalue weighted by Gasteiger charge is 2.38. The number of aliphatic hydroxyl groups excluding tert-OH is 1. The first kappa shape index (κ1) is 27.3. The van der Waals surface area contributed by atoms with Crippen molar-refractivity contribution in [3.63, 3.8) is 0 Å². The number of anilines is 1. The number of likely N-dealkylation sites (tertiary alicyclic amines) is 1. The number of carbonyl (C=O) groups excluding carboxylic acids is 1. The first-order valence-corrected chi connectivity index (χ1v) is 12.2. The topological polar surface area (TPSA) is 131 Å². The van der Waals surface area contributed by atoms with E-state index in [1.807, 2.05) is 6.07 Å². The lowest BCUT2D eigenvalue weighted by atomic mass is 10.1. The number of alkyl halides is 4. The van der Waals surface area contributed by atoms with E-state index in [0.717, 1.165) is 16.9 Å². The largest absolute Gasteiger partial charge is 0.480 e. The molecule has 0 aliphatic carbocycles. The molecular formula is C26H25F4N7O3. The molecule has 3 aromatic heterocycles. The fourth-order valence-corrected chi connectivity index (χ4v) is 4.80. The molecule has 1 aliphatic rings. The Morgan fingerprint density at radius 2 is 1.98 bits per heavy atom. The van der Waals surface area contributed by atoms with Crippen LogP contribution in [0.4, 0.5) is 23.4 Å². The summed E-state index contributed by atoms with van der Waals surface area (Å²) in [7, 11) is 1.28. The predicted octanol–water partition coefficient (Wildman–Crippen LogP) is 2.89. The molecule has 4 N–H and O–H groups in total. The number of amides is 1. The number of nitrogens with zero attached hydrogens (tertiary/aromatic N) is 5. The fourth-order valence-electron chi connectivity index (χ4n) is 4.80. The molecule has 1 amide bonds. The summed E-state index contributed by atoms with van der Waals surface area (Å²) in [5.74, 6) is -1.20. The highest BCUT2D eigenvalue weighted by atomic mass is 19.4. The zero-order chi connectivity index (χ0) is 28.6. The molecule has 1 aromatic carbocycles. The van der Waals surface area contributed by atoms with E-state index in [9.17, 15) is 27.5 Å². The third-order valence-corrected chi connectivity index (χ3v) is 6.73. The predicted molar refractivity (Wildman–Crippen MR) is 136 cm³/mol. The van der Waals surface area contributed by atoms with E-state index in [0.29, 0.717) is 5.56 Å². The number of hydrogen-bond acceptors (Lipinski definition) is 8. The van der Waals surface area contributed by atoms with Crippen molar-refractivity contribution in [2.75, 3.05) is 32.5 Å². The summed E-state index contributed by atoms with van der Waals surface area (Å²) >= 11 is 0. The zero-order valence-corrected chi connectivity index (χ0v) is 21.1. The second-order valence-electron chi connectivity index (χ2n) is 9.37. The molecule has 0 spiro atoms. The van der Waals surface area contributed by atoms with Gasteiger partial charge in [-0.25, -0.2) is 18.9 Å². The highest BCUT2D eigenvalue weighted by Crippen LogP contribution is 2.39. The third-order valence-electron chi connectivity index (χ3n) is 6.73. The van der Waals surface area contributed by atoms with E-state index in [1.165, 1.54) is 19.4 Å². The van der Waals surface area contributed by atoms with Crippen molar-refractivity contribution in [3.05, 3.63) is 71.7 Å². The smallest absolute Gasteiger partial charge is 0.418 e. The Labute approximate surface area is 225 Å². The minimum absolute atomic E-state index is 0.00174. The number of nitrogens with two attached hydrogens (primary N) is 1. The van der Waals surface area contributed by atoms with Gasteiger partial charge in [-0.2, -0.15) is 18.3 Å². The van der Waals surface area contributed by atoms with Gasteiger partial charge in [0.25, 0.3) is 5.91 Å². The number of methoxy groups -OCH3 is 1. The van der Waals surface area contributed by atoms with E-state index < -0.39 is 41.5 Å². The monoisotopic (exact) mass is 559 g/mol. The minimum atomic E-state index is -4.75. The maximum Gasteiger partial charge on any atom is 0.418 e. The van der Waals surface area contributed by atoms with Crippen LogP contribution in [0.25, 0.3) is 16.8 Å². The molecule has 1 aliphatic heterocycles. The Morgan fingerprint density at radius 1 is 1.23 bits per heavy atom. The first-order valence-electron chi connectivity index (χ1n) is 12.2. The van der Waals surface area contributed by atoms with Crippen molar-refractivity contribution in [2.24, 2.45) is 0 Å². The van der Waals surface area contributed by atoms with Crippen LogP contribution in [-0.4, -0.2) is 74.5 Å². The molecular weight excluding hydrogens is 534 g/mol. The molecule has 5 rings (SSSR count). The molecule has 14 heteroatoms. The van der Waals surface area contributed by atoms with Gasteiger partial charge in [0.15, 0.2) is 5.82 Å². The van der Waals surface area contributed by atoms with E-state index in [2.05, 4.69) is 20.4 Å². The van der Waals surface area contributed by atoms with Gasteiger partial charge in [0, 0.05) is 31.4 Å². The molecule has 1 unspecified atom stereocenters. The highest BCUT2D eigenvalue weighted by molar-refractivity contribution is 5.98. The second-order valence-corrected chi connectivity index (χ2v) is 9.37. The van der Waals surface area contributed by atoms with Gasteiger partial charge in [-0.15, -0.1) is 0 Å². The number of hydrogen-bond donors (Lipinski definition) is 3. The fraction of sp³-hybridized carbons (Fsp3) is 0.308. The second kappa shape index (κ2) is 10.7.